The molecule has 0 spiro atoms. The molecule has 1 amide bonds. The van der Waals surface area contributed by atoms with Crippen LogP contribution in [0.4, 0.5) is 0 Å². The van der Waals surface area contributed by atoms with Gasteiger partial charge in [0.25, 0.3) is 0 Å². The lowest BCUT2D eigenvalue weighted by Crippen LogP contribution is -2.31. The average Bonchev–Trinajstić information content (AvgIpc) is 2.26. The van der Waals surface area contributed by atoms with E-state index in [0.717, 1.165) is 32.2 Å². The fraction of sp³-hybridized carbons (Fsp3) is 0.917. The predicted molar refractivity (Wildman–Crippen MR) is 66.2 cm³/mol. The molecule has 0 saturated carbocycles. The molecule has 0 heterocycles. The summed E-state index contributed by atoms with van der Waals surface area (Å²) in [4.78, 5) is 11.4. The topological polar surface area (TPSA) is 64.3 Å². The molecule has 0 saturated heterocycles. The largest absolute Gasteiger partial charge is 0.377 e. The molecule has 0 aliphatic rings. The molecule has 0 aromatic heterocycles. The van der Waals surface area contributed by atoms with E-state index < -0.39 is 0 Å². The van der Waals surface area contributed by atoms with Crippen LogP contribution < -0.4 is 11.1 Å². The molecule has 3 N–H and O–H groups in total. The number of ether oxygens (including phenoxy) is 1. The van der Waals surface area contributed by atoms with E-state index >= 15 is 0 Å². The van der Waals surface area contributed by atoms with Crippen LogP contribution in [0.2, 0.25) is 0 Å². The Hall–Kier alpha value is -0.610. The van der Waals surface area contributed by atoms with Gasteiger partial charge in [-0.2, -0.15) is 0 Å². The molecule has 4 nitrogen and oxygen atoms in total. The second-order valence-electron chi connectivity index (χ2n) is 4.02. The third-order valence-electron chi connectivity index (χ3n) is 2.40. The quantitative estimate of drug-likeness (QED) is 0.558. The Labute approximate surface area is 98.9 Å². The Balaban J connectivity index is 3.30. The highest BCUT2D eigenvalue weighted by atomic mass is 16.5. The first-order valence-electron chi connectivity index (χ1n) is 6.29. The third-order valence-corrected chi connectivity index (χ3v) is 2.40. The highest BCUT2D eigenvalue weighted by Gasteiger charge is 2.04. The summed E-state index contributed by atoms with van der Waals surface area (Å²) in [5.74, 6) is 0.124. The Morgan fingerprint density at radius 2 is 2.00 bits per heavy atom. The minimum absolute atomic E-state index is 0.103. The average molecular weight is 230 g/mol. The van der Waals surface area contributed by atoms with Gasteiger partial charge in [0.2, 0.25) is 5.91 Å². The first-order valence-corrected chi connectivity index (χ1v) is 6.29. The minimum atomic E-state index is 0.103. The van der Waals surface area contributed by atoms with Crippen molar-refractivity contribution in [2.24, 2.45) is 5.73 Å². The van der Waals surface area contributed by atoms with Crippen LogP contribution in [-0.2, 0) is 9.53 Å². The van der Waals surface area contributed by atoms with Crippen molar-refractivity contribution in [3.05, 3.63) is 0 Å². The highest BCUT2D eigenvalue weighted by Crippen LogP contribution is 2.01. The maximum Gasteiger partial charge on any atom is 0.220 e. The summed E-state index contributed by atoms with van der Waals surface area (Å²) in [5, 5.41) is 2.87. The number of hydrogen-bond acceptors (Lipinski definition) is 3. The van der Waals surface area contributed by atoms with Crippen LogP contribution in [-0.4, -0.2) is 31.7 Å². The van der Waals surface area contributed by atoms with Crippen LogP contribution in [0.3, 0.4) is 0 Å². The fourth-order valence-electron chi connectivity index (χ4n) is 1.47. The Kier molecular flexibility index (Phi) is 10.5. The lowest BCUT2D eigenvalue weighted by atomic mass is 10.1. The van der Waals surface area contributed by atoms with Crippen molar-refractivity contribution in [1.82, 2.24) is 5.32 Å². The Morgan fingerprint density at radius 1 is 1.31 bits per heavy atom. The fourth-order valence-corrected chi connectivity index (χ4v) is 1.47. The Morgan fingerprint density at radius 3 is 2.62 bits per heavy atom. The molecule has 16 heavy (non-hydrogen) atoms. The first kappa shape index (κ1) is 15.4. The summed E-state index contributed by atoms with van der Waals surface area (Å²) >= 11 is 0. The highest BCUT2D eigenvalue weighted by molar-refractivity contribution is 5.75. The standard InChI is InChI=1S/C12H26N2O2/c1-3-16-11(2)10-14-12(15)8-6-4-5-7-9-13/h11H,3-10,13H2,1-2H3,(H,14,15). The molecular weight excluding hydrogens is 204 g/mol. The van der Waals surface area contributed by atoms with Crippen molar-refractivity contribution in [2.75, 3.05) is 19.7 Å². The second-order valence-corrected chi connectivity index (χ2v) is 4.02. The molecular formula is C12H26N2O2. The molecule has 0 aromatic carbocycles. The van der Waals surface area contributed by atoms with Gasteiger partial charge in [-0.25, -0.2) is 0 Å². The van der Waals surface area contributed by atoms with Crippen LogP contribution in [0, 0.1) is 0 Å². The molecule has 1 atom stereocenters. The van der Waals surface area contributed by atoms with Gasteiger partial charge in [0.15, 0.2) is 0 Å². The molecule has 0 radical (unpaired) electrons. The van der Waals surface area contributed by atoms with E-state index in [9.17, 15) is 4.79 Å². The van der Waals surface area contributed by atoms with Gasteiger partial charge < -0.3 is 15.8 Å². The van der Waals surface area contributed by atoms with Crippen LogP contribution >= 0.6 is 0 Å². The number of carbonyl (C=O) groups is 1. The summed E-state index contributed by atoms with van der Waals surface area (Å²) in [7, 11) is 0. The van der Waals surface area contributed by atoms with Crippen molar-refractivity contribution in [2.45, 2.75) is 52.1 Å². The number of carbonyl (C=O) groups excluding carboxylic acids is 1. The predicted octanol–water partition coefficient (Wildman–Crippen LogP) is 1.44. The monoisotopic (exact) mass is 230 g/mol. The normalized spacial score (nSPS) is 12.4. The summed E-state index contributed by atoms with van der Waals surface area (Å²) in [6.07, 6.45) is 4.94. The summed E-state index contributed by atoms with van der Waals surface area (Å²) in [5.41, 5.74) is 5.39. The van der Waals surface area contributed by atoms with Gasteiger partial charge in [-0.15, -0.1) is 0 Å². The van der Waals surface area contributed by atoms with Gasteiger partial charge in [-0.1, -0.05) is 12.8 Å². The van der Waals surface area contributed by atoms with Gasteiger partial charge in [0, 0.05) is 19.6 Å². The maximum atomic E-state index is 11.4. The molecule has 0 aliphatic carbocycles. The van der Waals surface area contributed by atoms with E-state index in [-0.39, 0.29) is 12.0 Å². The molecule has 0 aromatic rings. The Bertz CT molecular complexity index is 174. The second kappa shape index (κ2) is 10.9. The van der Waals surface area contributed by atoms with E-state index in [2.05, 4.69) is 5.32 Å². The molecule has 0 fully saturated rings. The molecule has 96 valence electrons. The van der Waals surface area contributed by atoms with Crippen LogP contribution in [0.15, 0.2) is 0 Å². The molecule has 1 unspecified atom stereocenters. The van der Waals surface area contributed by atoms with Crippen molar-refractivity contribution in [3.8, 4) is 0 Å². The third kappa shape index (κ3) is 9.93. The summed E-state index contributed by atoms with van der Waals surface area (Å²) in [6, 6.07) is 0. The van der Waals surface area contributed by atoms with Gasteiger partial charge >= 0.3 is 0 Å². The van der Waals surface area contributed by atoms with Crippen molar-refractivity contribution >= 4 is 5.91 Å². The van der Waals surface area contributed by atoms with Gasteiger partial charge in [0.1, 0.15) is 0 Å². The first-order chi connectivity index (χ1) is 7.70. The molecule has 4 heteroatoms. The zero-order valence-corrected chi connectivity index (χ0v) is 10.6. The molecule has 0 aliphatic heterocycles. The van der Waals surface area contributed by atoms with E-state index in [4.69, 9.17) is 10.5 Å². The molecule has 0 rings (SSSR count). The van der Waals surface area contributed by atoms with Crippen LogP contribution in [0.1, 0.15) is 46.0 Å². The summed E-state index contributed by atoms with van der Waals surface area (Å²) in [6.45, 7) is 5.96. The number of unbranched alkanes of at least 4 members (excludes halogenated alkanes) is 3. The van der Waals surface area contributed by atoms with E-state index in [1.165, 1.54) is 0 Å². The van der Waals surface area contributed by atoms with Gasteiger partial charge in [-0.05, 0) is 33.2 Å². The SMILES string of the molecule is CCOC(C)CNC(=O)CCCCCCN. The molecule has 0 bridgehead atoms. The van der Waals surface area contributed by atoms with Gasteiger partial charge in [0.05, 0.1) is 6.10 Å². The number of rotatable bonds is 10. The minimum Gasteiger partial charge on any atom is -0.377 e. The number of nitrogens with two attached hydrogens (primary N) is 1. The van der Waals surface area contributed by atoms with Crippen molar-refractivity contribution in [3.63, 3.8) is 0 Å². The van der Waals surface area contributed by atoms with E-state index in [0.29, 0.717) is 19.6 Å². The van der Waals surface area contributed by atoms with E-state index in [1.807, 2.05) is 13.8 Å². The lowest BCUT2D eigenvalue weighted by molar-refractivity contribution is -0.121. The zero-order valence-electron chi connectivity index (χ0n) is 10.6. The van der Waals surface area contributed by atoms with Crippen LogP contribution in [0.25, 0.3) is 0 Å². The number of nitrogens with one attached hydrogen (secondary N) is 1. The lowest BCUT2D eigenvalue weighted by Gasteiger charge is -2.12. The number of hydrogen-bond donors (Lipinski definition) is 2. The smallest absolute Gasteiger partial charge is 0.220 e. The van der Waals surface area contributed by atoms with E-state index in [1.54, 1.807) is 0 Å². The maximum absolute atomic E-state index is 11.4. The zero-order chi connectivity index (χ0) is 12.2. The number of amides is 1. The van der Waals surface area contributed by atoms with Crippen molar-refractivity contribution < 1.29 is 9.53 Å². The summed E-state index contributed by atoms with van der Waals surface area (Å²) < 4.78 is 5.32. The van der Waals surface area contributed by atoms with Crippen molar-refractivity contribution in [1.29, 1.82) is 0 Å². The van der Waals surface area contributed by atoms with Gasteiger partial charge in [-0.3, -0.25) is 4.79 Å². The van der Waals surface area contributed by atoms with Crippen LogP contribution in [0.5, 0.6) is 0 Å².